The van der Waals surface area contributed by atoms with Crippen LogP contribution in [0.4, 0.5) is 24.8 Å². The minimum Gasteiger partial charge on any atom is -0.486 e. The average molecular weight is 565 g/mol. The number of pyridine rings is 2. The van der Waals surface area contributed by atoms with E-state index in [0.717, 1.165) is 0 Å². The molecule has 0 saturated carbocycles. The fourth-order valence-electron chi connectivity index (χ4n) is 4.16. The third-order valence-corrected chi connectivity index (χ3v) is 7.38. The van der Waals surface area contributed by atoms with Crippen molar-refractivity contribution in [2.45, 2.75) is 13.0 Å². The number of fused-ring (bicyclic) bond motifs is 1. The van der Waals surface area contributed by atoms with Gasteiger partial charge in [0.25, 0.3) is 0 Å². The number of benzene rings is 1. The maximum Gasteiger partial charge on any atom is 0.573 e. The van der Waals surface area contributed by atoms with Crippen LogP contribution in [-0.4, -0.2) is 76.9 Å². The monoisotopic (exact) mass is 564 g/mol. The van der Waals surface area contributed by atoms with Crippen molar-refractivity contribution in [3.63, 3.8) is 0 Å². The Morgan fingerprint density at radius 3 is 2.46 bits per heavy atom. The second kappa shape index (κ2) is 10.2. The Morgan fingerprint density at radius 2 is 1.79 bits per heavy atom. The molecule has 0 bridgehead atoms. The zero-order valence-electron chi connectivity index (χ0n) is 20.5. The number of hydrogen-bond donors (Lipinski definition) is 2. The minimum absolute atomic E-state index is 0.124. The van der Waals surface area contributed by atoms with Crippen molar-refractivity contribution in [1.82, 2.24) is 29.7 Å². The number of aromatic amines is 1. The Kier molecular flexibility index (Phi) is 6.90. The van der Waals surface area contributed by atoms with E-state index in [4.69, 9.17) is 10.5 Å². The fourth-order valence-corrected chi connectivity index (χ4v) is 4.99. The molecule has 4 heterocycles. The highest BCUT2D eigenvalue weighted by Gasteiger charge is 2.32. The number of nitrogen functional groups attached to an aromatic ring is 1. The molecule has 0 unspecified atom stereocenters. The molecule has 12 nitrogen and oxygen atoms in total. The number of hydrogen-bond acceptors (Lipinski definition) is 10. The molecule has 0 aliphatic carbocycles. The third-order valence-electron chi connectivity index (χ3n) is 6.07. The van der Waals surface area contributed by atoms with E-state index in [-0.39, 0.29) is 34.9 Å². The standard InChI is InChI=1S/C23H23F3N8O4S/c1-39(35,36)34-8-6-33(7-9-34)20-5-4-15(12-28-20)14-2-3-16(17(10-14)38-23(24,25)26)13-37-18-11-19(27)29-22-21(18)30-32-31-22/h2-5,10-12H,6-9,13H2,1H3,(H3,27,29,30,31,32). The third kappa shape index (κ3) is 6.12. The summed E-state index contributed by atoms with van der Waals surface area (Å²) in [6, 6.07) is 9.24. The van der Waals surface area contributed by atoms with Gasteiger partial charge in [-0.25, -0.2) is 23.5 Å². The lowest BCUT2D eigenvalue weighted by Crippen LogP contribution is -2.48. The highest BCUT2D eigenvalue weighted by Crippen LogP contribution is 2.33. The lowest BCUT2D eigenvalue weighted by molar-refractivity contribution is -0.275. The van der Waals surface area contributed by atoms with Gasteiger partial charge >= 0.3 is 6.36 Å². The molecule has 5 rings (SSSR count). The molecule has 0 spiro atoms. The molecule has 206 valence electrons. The Bertz CT molecular complexity index is 1590. The van der Waals surface area contributed by atoms with Crippen LogP contribution in [-0.2, 0) is 16.6 Å². The molecular weight excluding hydrogens is 541 g/mol. The van der Waals surface area contributed by atoms with Crippen LogP contribution in [0.3, 0.4) is 0 Å². The predicted octanol–water partition coefficient (Wildman–Crippen LogP) is 2.56. The van der Waals surface area contributed by atoms with Crippen molar-refractivity contribution < 1.29 is 31.1 Å². The first kappa shape index (κ1) is 26.4. The van der Waals surface area contributed by atoms with Gasteiger partial charge < -0.3 is 20.1 Å². The number of anilines is 2. The molecule has 0 atom stereocenters. The molecule has 1 saturated heterocycles. The minimum atomic E-state index is -4.93. The summed E-state index contributed by atoms with van der Waals surface area (Å²) in [5.41, 5.74) is 7.47. The van der Waals surface area contributed by atoms with E-state index in [0.29, 0.717) is 43.1 Å². The molecule has 39 heavy (non-hydrogen) atoms. The summed E-state index contributed by atoms with van der Waals surface area (Å²) >= 11 is 0. The van der Waals surface area contributed by atoms with E-state index in [2.05, 4.69) is 30.1 Å². The van der Waals surface area contributed by atoms with Crippen molar-refractivity contribution in [3.8, 4) is 22.6 Å². The van der Waals surface area contributed by atoms with E-state index >= 15 is 0 Å². The van der Waals surface area contributed by atoms with E-state index in [1.807, 2.05) is 4.90 Å². The number of alkyl halides is 3. The molecule has 1 aromatic carbocycles. The number of nitrogens with zero attached hydrogens (tertiary/aromatic N) is 6. The molecule has 0 amide bonds. The van der Waals surface area contributed by atoms with Crippen LogP contribution in [0.25, 0.3) is 22.3 Å². The number of nitrogens with one attached hydrogen (secondary N) is 1. The SMILES string of the molecule is CS(=O)(=O)N1CCN(c2ccc(-c3ccc(COc4cc(N)nc5[nH]nnc45)c(OC(F)(F)F)c3)cn2)CC1. The van der Waals surface area contributed by atoms with Crippen molar-refractivity contribution in [2.75, 3.05) is 43.1 Å². The van der Waals surface area contributed by atoms with Gasteiger partial charge in [-0.3, -0.25) is 0 Å². The first-order valence-corrected chi connectivity index (χ1v) is 13.5. The van der Waals surface area contributed by atoms with Crippen LogP contribution in [0, 0.1) is 0 Å². The van der Waals surface area contributed by atoms with Gasteiger partial charge in [0.1, 0.15) is 24.0 Å². The molecule has 1 fully saturated rings. The number of nitrogens with two attached hydrogens (primary N) is 1. The van der Waals surface area contributed by atoms with Crippen LogP contribution >= 0.6 is 0 Å². The van der Waals surface area contributed by atoms with Gasteiger partial charge in [0.05, 0.1) is 6.26 Å². The average Bonchev–Trinajstić information content (AvgIpc) is 3.35. The quantitative estimate of drug-likeness (QED) is 0.343. The van der Waals surface area contributed by atoms with Crippen molar-refractivity contribution >= 4 is 32.8 Å². The molecule has 0 radical (unpaired) electrons. The van der Waals surface area contributed by atoms with E-state index in [9.17, 15) is 21.6 Å². The van der Waals surface area contributed by atoms with Gasteiger partial charge in [0.2, 0.25) is 10.0 Å². The number of aromatic nitrogens is 5. The molecular formula is C23H23F3N8O4S. The molecule has 16 heteroatoms. The molecule has 1 aliphatic heterocycles. The van der Waals surface area contributed by atoms with E-state index in [1.165, 1.54) is 28.8 Å². The number of piperazine rings is 1. The number of sulfonamides is 1. The summed E-state index contributed by atoms with van der Waals surface area (Å²) in [6.07, 6.45) is -2.21. The lowest BCUT2D eigenvalue weighted by atomic mass is 10.0. The second-order valence-corrected chi connectivity index (χ2v) is 10.7. The Hall–Kier alpha value is -4.18. The first-order chi connectivity index (χ1) is 18.5. The van der Waals surface area contributed by atoms with Crippen LogP contribution in [0.2, 0.25) is 0 Å². The van der Waals surface area contributed by atoms with Gasteiger partial charge in [-0.05, 0) is 23.8 Å². The maximum absolute atomic E-state index is 13.2. The second-order valence-electron chi connectivity index (χ2n) is 8.77. The predicted molar refractivity (Wildman–Crippen MR) is 135 cm³/mol. The Balaban J connectivity index is 1.35. The Morgan fingerprint density at radius 1 is 1.05 bits per heavy atom. The van der Waals surface area contributed by atoms with Gasteiger partial charge in [-0.2, -0.15) is 4.31 Å². The molecule has 3 aromatic heterocycles. The lowest BCUT2D eigenvalue weighted by Gasteiger charge is -2.34. The van der Waals surface area contributed by atoms with Gasteiger partial charge in [-0.15, -0.1) is 18.3 Å². The topological polar surface area (TPSA) is 152 Å². The molecule has 3 N–H and O–H groups in total. The van der Waals surface area contributed by atoms with E-state index < -0.39 is 22.1 Å². The highest BCUT2D eigenvalue weighted by atomic mass is 32.2. The van der Waals surface area contributed by atoms with Crippen molar-refractivity contribution in [2.24, 2.45) is 0 Å². The summed E-state index contributed by atoms with van der Waals surface area (Å²) in [5, 5.41) is 10.1. The summed E-state index contributed by atoms with van der Waals surface area (Å²) in [6.45, 7) is 1.37. The zero-order valence-corrected chi connectivity index (χ0v) is 21.3. The van der Waals surface area contributed by atoms with Crippen molar-refractivity contribution in [1.29, 1.82) is 0 Å². The van der Waals surface area contributed by atoms with Crippen LogP contribution in [0.5, 0.6) is 11.5 Å². The van der Waals surface area contributed by atoms with Gasteiger partial charge in [-0.1, -0.05) is 17.3 Å². The van der Waals surface area contributed by atoms with Crippen LogP contribution < -0.4 is 20.1 Å². The summed E-state index contributed by atoms with van der Waals surface area (Å²) < 4.78 is 74.6. The van der Waals surface area contributed by atoms with Crippen LogP contribution in [0.1, 0.15) is 5.56 Å². The van der Waals surface area contributed by atoms with Crippen molar-refractivity contribution in [3.05, 3.63) is 48.2 Å². The number of halogens is 3. The molecule has 4 aromatic rings. The maximum atomic E-state index is 13.2. The first-order valence-electron chi connectivity index (χ1n) is 11.6. The van der Waals surface area contributed by atoms with Crippen LogP contribution in [0.15, 0.2) is 42.6 Å². The summed E-state index contributed by atoms with van der Waals surface area (Å²) in [5.74, 6) is 0.531. The summed E-state index contributed by atoms with van der Waals surface area (Å²) in [7, 11) is -3.25. The largest absolute Gasteiger partial charge is 0.573 e. The molecule has 1 aliphatic rings. The normalized spacial score (nSPS) is 15.0. The van der Waals surface area contributed by atoms with E-state index in [1.54, 1.807) is 24.4 Å². The van der Waals surface area contributed by atoms with Gasteiger partial charge in [0, 0.05) is 49.6 Å². The smallest absolute Gasteiger partial charge is 0.486 e. The summed E-state index contributed by atoms with van der Waals surface area (Å²) in [4.78, 5) is 10.4. The zero-order chi connectivity index (χ0) is 27.8. The fraction of sp³-hybridized carbons (Fsp3) is 0.304. The highest BCUT2D eigenvalue weighted by molar-refractivity contribution is 7.88. The Labute approximate surface area is 220 Å². The number of rotatable bonds is 7. The number of ether oxygens (including phenoxy) is 2. The van der Waals surface area contributed by atoms with Gasteiger partial charge in [0.15, 0.2) is 16.9 Å². The number of H-pyrrole nitrogens is 1.